The van der Waals surface area contributed by atoms with E-state index in [0.717, 1.165) is 30.4 Å². The van der Waals surface area contributed by atoms with Gasteiger partial charge in [-0.3, -0.25) is 9.59 Å². The van der Waals surface area contributed by atoms with Crippen molar-refractivity contribution >= 4 is 21.7 Å². The largest absolute Gasteiger partial charge is 0.461 e. The number of amides is 1. The highest BCUT2D eigenvalue weighted by molar-refractivity contribution is 7.93. The summed E-state index contributed by atoms with van der Waals surface area (Å²) in [5.41, 5.74) is 2.00. The summed E-state index contributed by atoms with van der Waals surface area (Å²) in [6, 6.07) is 19.4. The Labute approximate surface area is 238 Å². The fourth-order valence-corrected chi connectivity index (χ4v) is 6.52. The van der Waals surface area contributed by atoms with E-state index in [-0.39, 0.29) is 24.6 Å². The maximum absolute atomic E-state index is 12.8. The number of carbonyl (C=O) groups excluding carboxylic acids is 2. The van der Waals surface area contributed by atoms with Gasteiger partial charge in [-0.1, -0.05) is 80.4 Å². The van der Waals surface area contributed by atoms with Crippen LogP contribution in [0.4, 0.5) is 0 Å². The summed E-state index contributed by atoms with van der Waals surface area (Å²) in [4.78, 5) is 26.1. The first-order valence-corrected chi connectivity index (χ1v) is 16.0. The normalized spacial score (nSPS) is 17.2. The summed E-state index contributed by atoms with van der Waals surface area (Å²) in [6.07, 6.45) is 4.76. The maximum Gasteiger partial charge on any atom is 0.306 e. The standard InChI is InChI=1S/C31H43NO7S/c1-2-21-37-24-28(38-22-26-13-7-5-8-14-26)18-19-30-32(29(33)25-40(30,35)36)20-12-4-3-11-17-31(34)39-23-27-15-9-6-10-16-27/h5-10,13-16,28,30H,2-4,11-12,17-25H2,1H3. The lowest BCUT2D eigenvalue weighted by molar-refractivity contribution is -0.145. The number of benzene rings is 2. The molecule has 2 aromatic rings. The Morgan fingerprint density at radius 2 is 1.60 bits per heavy atom. The third-order valence-electron chi connectivity index (χ3n) is 6.90. The van der Waals surface area contributed by atoms with E-state index in [4.69, 9.17) is 14.2 Å². The number of ether oxygens (including phenoxy) is 3. The Morgan fingerprint density at radius 1 is 0.950 bits per heavy atom. The van der Waals surface area contributed by atoms with E-state index in [2.05, 4.69) is 0 Å². The summed E-state index contributed by atoms with van der Waals surface area (Å²) in [6.45, 7) is 4.11. The minimum Gasteiger partial charge on any atom is -0.461 e. The molecule has 9 heteroatoms. The van der Waals surface area contributed by atoms with Crippen LogP contribution in [0.3, 0.4) is 0 Å². The molecule has 3 rings (SSSR count). The van der Waals surface area contributed by atoms with Crippen LogP contribution in [0, 0.1) is 0 Å². The van der Waals surface area contributed by atoms with Crippen LogP contribution in [0.15, 0.2) is 60.7 Å². The van der Waals surface area contributed by atoms with Gasteiger partial charge in [-0.2, -0.15) is 0 Å². The first-order chi connectivity index (χ1) is 19.4. The predicted molar refractivity (Wildman–Crippen MR) is 154 cm³/mol. The van der Waals surface area contributed by atoms with Crippen LogP contribution < -0.4 is 0 Å². The highest BCUT2D eigenvalue weighted by Crippen LogP contribution is 2.25. The highest BCUT2D eigenvalue weighted by Gasteiger charge is 2.43. The molecule has 0 aromatic heterocycles. The van der Waals surface area contributed by atoms with E-state index < -0.39 is 21.0 Å². The van der Waals surface area contributed by atoms with Gasteiger partial charge in [0.1, 0.15) is 17.7 Å². The smallest absolute Gasteiger partial charge is 0.306 e. The van der Waals surface area contributed by atoms with Crippen molar-refractivity contribution in [3.63, 3.8) is 0 Å². The first kappa shape index (κ1) is 31.8. The zero-order chi connectivity index (χ0) is 28.6. The fraction of sp³-hybridized carbons (Fsp3) is 0.548. The molecule has 1 saturated heterocycles. The van der Waals surface area contributed by atoms with Gasteiger partial charge in [-0.25, -0.2) is 8.42 Å². The average Bonchev–Trinajstić information content (AvgIpc) is 3.18. The third-order valence-corrected chi connectivity index (χ3v) is 8.86. The van der Waals surface area contributed by atoms with Gasteiger partial charge in [0.2, 0.25) is 5.91 Å². The van der Waals surface area contributed by atoms with Crippen LogP contribution in [-0.4, -0.2) is 62.2 Å². The molecule has 0 bridgehead atoms. The van der Waals surface area contributed by atoms with Gasteiger partial charge in [0.05, 0.1) is 19.3 Å². The van der Waals surface area contributed by atoms with E-state index in [9.17, 15) is 18.0 Å². The van der Waals surface area contributed by atoms with E-state index in [0.29, 0.717) is 58.5 Å². The van der Waals surface area contributed by atoms with Crippen molar-refractivity contribution in [1.29, 1.82) is 0 Å². The number of hydrogen-bond donors (Lipinski definition) is 0. The lowest BCUT2D eigenvalue weighted by atomic mass is 10.1. The molecule has 0 saturated carbocycles. The molecule has 0 radical (unpaired) electrons. The van der Waals surface area contributed by atoms with Crippen LogP contribution in [0.25, 0.3) is 0 Å². The summed E-state index contributed by atoms with van der Waals surface area (Å²) in [5.74, 6) is -0.998. The second kappa shape index (κ2) is 17.1. The summed E-state index contributed by atoms with van der Waals surface area (Å²) >= 11 is 0. The van der Waals surface area contributed by atoms with E-state index in [1.807, 2.05) is 67.6 Å². The number of sulfone groups is 1. The van der Waals surface area contributed by atoms with Crippen molar-refractivity contribution in [2.75, 3.05) is 25.5 Å². The van der Waals surface area contributed by atoms with Crippen molar-refractivity contribution in [2.24, 2.45) is 0 Å². The van der Waals surface area contributed by atoms with Crippen LogP contribution in [0.2, 0.25) is 0 Å². The topological polar surface area (TPSA) is 99.2 Å². The number of hydrogen-bond acceptors (Lipinski definition) is 7. The molecule has 0 N–H and O–H groups in total. The average molecular weight is 574 g/mol. The molecule has 220 valence electrons. The summed E-state index contributed by atoms with van der Waals surface area (Å²) in [7, 11) is -3.54. The molecule has 2 atom stereocenters. The van der Waals surface area contributed by atoms with Gasteiger partial charge in [0, 0.05) is 19.6 Å². The van der Waals surface area contributed by atoms with E-state index in [1.165, 1.54) is 4.90 Å². The van der Waals surface area contributed by atoms with Gasteiger partial charge in [0.15, 0.2) is 9.84 Å². The monoisotopic (exact) mass is 573 g/mol. The number of rotatable bonds is 19. The Kier molecular flexibility index (Phi) is 13.6. The minimum atomic E-state index is -3.54. The lowest BCUT2D eigenvalue weighted by Gasteiger charge is -2.25. The zero-order valence-electron chi connectivity index (χ0n) is 23.5. The minimum absolute atomic E-state index is 0.225. The Hall–Kier alpha value is -2.75. The van der Waals surface area contributed by atoms with Gasteiger partial charge >= 0.3 is 5.97 Å². The molecular formula is C31H43NO7S. The van der Waals surface area contributed by atoms with Crippen molar-refractivity contribution in [1.82, 2.24) is 4.90 Å². The molecule has 2 unspecified atom stereocenters. The SMILES string of the molecule is CCCOCC(CCC1N(CCCCCCC(=O)OCc2ccccc2)C(=O)CS1(=O)=O)OCc1ccccc1. The van der Waals surface area contributed by atoms with Gasteiger partial charge in [-0.15, -0.1) is 0 Å². The van der Waals surface area contributed by atoms with Crippen molar-refractivity contribution in [2.45, 2.75) is 83.0 Å². The Bertz CT molecular complexity index is 1120. The molecular weight excluding hydrogens is 530 g/mol. The van der Waals surface area contributed by atoms with Crippen molar-refractivity contribution < 1.29 is 32.2 Å². The van der Waals surface area contributed by atoms with Gasteiger partial charge in [-0.05, 0) is 43.2 Å². The molecule has 0 spiro atoms. The quantitative estimate of drug-likeness (QED) is 0.171. The summed E-state index contributed by atoms with van der Waals surface area (Å²) in [5, 5.41) is -0.832. The molecule has 1 fully saturated rings. The third kappa shape index (κ3) is 11.0. The zero-order valence-corrected chi connectivity index (χ0v) is 24.4. The summed E-state index contributed by atoms with van der Waals surface area (Å²) < 4.78 is 42.8. The lowest BCUT2D eigenvalue weighted by Crippen LogP contribution is -2.37. The molecule has 8 nitrogen and oxygen atoms in total. The van der Waals surface area contributed by atoms with Crippen molar-refractivity contribution in [3.8, 4) is 0 Å². The Morgan fingerprint density at radius 3 is 2.27 bits per heavy atom. The molecule has 1 aliphatic rings. The molecule has 2 aromatic carbocycles. The maximum atomic E-state index is 12.8. The first-order valence-electron chi connectivity index (χ1n) is 14.3. The molecule has 0 aliphatic carbocycles. The van der Waals surface area contributed by atoms with Gasteiger partial charge in [0.25, 0.3) is 0 Å². The molecule has 1 amide bonds. The fourth-order valence-electron chi connectivity index (χ4n) is 4.72. The molecule has 1 heterocycles. The molecule has 40 heavy (non-hydrogen) atoms. The Balaban J connectivity index is 1.41. The number of esters is 1. The number of carbonyl (C=O) groups is 2. The van der Waals surface area contributed by atoms with Crippen LogP contribution in [-0.2, 0) is 46.9 Å². The van der Waals surface area contributed by atoms with Crippen LogP contribution in [0.5, 0.6) is 0 Å². The molecule has 1 aliphatic heterocycles. The van der Waals surface area contributed by atoms with Crippen LogP contribution >= 0.6 is 0 Å². The second-order valence-corrected chi connectivity index (χ2v) is 12.4. The second-order valence-electron chi connectivity index (χ2n) is 10.2. The van der Waals surface area contributed by atoms with Gasteiger partial charge < -0.3 is 19.1 Å². The van der Waals surface area contributed by atoms with Crippen molar-refractivity contribution in [3.05, 3.63) is 71.8 Å². The predicted octanol–water partition coefficient (Wildman–Crippen LogP) is 5.06. The number of unbranched alkanes of at least 4 members (excludes halogenated alkanes) is 3. The highest BCUT2D eigenvalue weighted by atomic mass is 32.2. The number of nitrogens with zero attached hydrogens (tertiary/aromatic N) is 1. The van der Waals surface area contributed by atoms with Crippen LogP contribution in [0.1, 0.15) is 69.4 Å². The van der Waals surface area contributed by atoms with E-state index in [1.54, 1.807) is 0 Å². The van der Waals surface area contributed by atoms with E-state index >= 15 is 0 Å².